The zero-order valence-electron chi connectivity index (χ0n) is 12.0. The van der Waals surface area contributed by atoms with Crippen LogP contribution in [0.25, 0.3) is 0 Å². The van der Waals surface area contributed by atoms with Gasteiger partial charge in [0, 0.05) is 21.7 Å². The smallest absolute Gasteiger partial charge is 0.147 e. The van der Waals surface area contributed by atoms with Crippen LogP contribution in [0.3, 0.4) is 0 Å². The predicted octanol–water partition coefficient (Wildman–Crippen LogP) is 2.67. The number of carbonyl (C=O) groups excluding carboxylic acids is 3. The van der Waals surface area contributed by atoms with Crippen molar-refractivity contribution in [3.8, 4) is 0 Å². The summed E-state index contributed by atoms with van der Waals surface area (Å²) >= 11 is 0. The predicted molar refractivity (Wildman–Crippen MR) is 65.2 cm³/mol. The zero-order chi connectivity index (χ0) is 13.5. The Morgan fingerprint density at radius 1 is 0.647 bits per heavy atom. The Labute approximate surface area is 120 Å². The Balaban J connectivity index is -0.000000244. The van der Waals surface area contributed by atoms with E-state index in [-0.39, 0.29) is 39.1 Å². The third-order valence-corrected chi connectivity index (χ3v) is 2.55. The molecule has 0 N–H and O–H groups in total. The molecule has 98 valence electrons. The number of hydrogen-bond donors (Lipinski definition) is 0. The molecule has 17 heavy (non-hydrogen) atoms. The monoisotopic (exact) mass is 276 g/mol. The van der Waals surface area contributed by atoms with Gasteiger partial charge in [0.2, 0.25) is 0 Å². The van der Waals surface area contributed by atoms with Crippen LogP contribution < -0.4 is 0 Å². The quantitative estimate of drug-likeness (QED) is 0.586. The van der Waals surface area contributed by atoms with Gasteiger partial charge in [-0.2, -0.15) is 0 Å². The molecule has 0 atom stereocenters. The van der Waals surface area contributed by atoms with Gasteiger partial charge in [0.1, 0.15) is 23.3 Å². The minimum Gasteiger partial charge on any atom is -0.299 e. The van der Waals surface area contributed by atoms with E-state index in [4.69, 9.17) is 0 Å². The van der Waals surface area contributed by atoms with Gasteiger partial charge in [0.15, 0.2) is 0 Å². The van der Waals surface area contributed by atoms with E-state index >= 15 is 0 Å². The minimum atomic E-state index is -1.03. The van der Waals surface area contributed by atoms with Gasteiger partial charge < -0.3 is 0 Å². The minimum absolute atomic E-state index is 0. The molecule has 0 aromatic heterocycles. The molecular formula is C13H24O3Ti. The SMILES string of the molecule is CC(=O)C(C(C)=O)C(C)=O.CC(C)C(C)C.[Ti]. The number of Topliss-reactive ketones (excluding diaryl/α,β-unsaturated/α-hetero) is 3. The van der Waals surface area contributed by atoms with Crippen LogP contribution in [-0.2, 0) is 36.1 Å². The molecule has 0 rings (SSSR count). The molecule has 0 aromatic rings. The molecule has 0 amide bonds. The summed E-state index contributed by atoms with van der Waals surface area (Å²) in [5, 5.41) is 0. The Morgan fingerprint density at radius 3 is 0.824 bits per heavy atom. The molecular weight excluding hydrogens is 252 g/mol. The number of hydrogen-bond acceptors (Lipinski definition) is 3. The average molecular weight is 276 g/mol. The van der Waals surface area contributed by atoms with Gasteiger partial charge in [0.25, 0.3) is 0 Å². The van der Waals surface area contributed by atoms with E-state index in [0.717, 1.165) is 11.8 Å². The van der Waals surface area contributed by atoms with Crippen LogP contribution >= 0.6 is 0 Å². The van der Waals surface area contributed by atoms with Crippen molar-refractivity contribution in [1.82, 2.24) is 0 Å². The first kappa shape index (κ1) is 22.0. The molecule has 3 nitrogen and oxygen atoms in total. The van der Waals surface area contributed by atoms with Gasteiger partial charge in [-0.05, 0) is 32.6 Å². The first-order chi connectivity index (χ1) is 7.11. The molecule has 0 heterocycles. The van der Waals surface area contributed by atoms with Crippen LogP contribution in [0.5, 0.6) is 0 Å². The molecule has 0 radical (unpaired) electrons. The van der Waals surface area contributed by atoms with Crippen LogP contribution in [0.2, 0.25) is 0 Å². The molecule has 0 aliphatic heterocycles. The summed E-state index contributed by atoms with van der Waals surface area (Å²) < 4.78 is 0. The summed E-state index contributed by atoms with van der Waals surface area (Å²) in [6.45, 7) is 12.7. The van der Waals surface area contributed by atoms with Gasteiger partial charge in [-0.25, -0.2) is 0 Å². The van der Waals surface area contributed by atoms with Crippen molar-refractivity contribution in [2.24, 2.45) is 17.8 Å². The van der Waals surface area contributed by atoms with Crippen LogP contribution in [-0.4, -0.2) is 17.3 Å². The Kier molecular flexibility index (Phi) is 14.0. The summed E-state index contributed by atoms with van der Waals surface area (Å²) in [5.74, 6) is -0.449. The summed E-state index contributed by atoms with van der Waals surface area (Å²) in [7, 11) is 0. The van der Waals surface area contributed by atoms with E-state index in [1.54, 1.807) is 0 Å². The third kappa shape index (κ3) is 12.0. The standard InChI is InChI=1S/C7H10O3.C6H14.Ti/c1-4(8)7(5(2)9)6(3)10;1-5(2)6(3)4;/h7H,1-3H3;5-6H,1-4H3;. The molecule has 0 aromatic carbocycles. The number of ketones is 3. The van der Waals surface area contributed by atoms with E-state index in [1.165, 1.54) is 20.8 Å². The van der Waals surface area contributed by atoms with Gasteiger partial charge in [-0.3, -0.25) is 14.4 Å². The fourth-order valence-corrected chi connectivity index (χ4v) is 0.859. The second-order valence-electron chi connectivity index (χ2n) is 4.75. The van der Waals surface area contributed by atoms with Crippen LogP contribution in [0.4, 0.5) is 0 Å². The van der Waals surface area contributed by atoms with Gasteiger partial charge >= 0.3 is 0 Å². The summed E-state index contributed by atoms with van der Waals surface area (Å²) in [5.41, 5.74) is 0. The molecule has 0 aliphatic carbocycles. The number of rotatable bonds is 4. The van der Waals surface area contributed by atoms with Gasteiger partial charge in [-0.15, -0.1) is 0 Å². The van der Waals surface area contributed by atoms with Crippen molar-refractivity contribution in [1.29, 1.82) is 0 Å². The van der Waals surface area contributed by atoms with E-state index in [9.17, 15) is 14.4 Å². The molecule has 0 bridgehead atoms. The first-order valence-corrected chi connectivity index (χ1v) is 5.62. The van der Waals surface area contributed by atoms with Gasteiger partial charge in [-0.1, -0.05) is 27.7 Å². The molecule has 0 unspecified atom stereocenters. The van der Waals surface area contributed by atoms with Gasteiger partial charge in [0.05, 0.1) is 0 Å². The number of carbonyl (C=O) groups is 3. The Bertz CT molecular complexity index is 218. The maximum Gasteiger partial charge on any atom is 0.147 e. The molecule has 0 aliphatic rings. The normalized spacial score (nSPS) is 9.53. The van der Waals surface area contributed by atoms with Crippen molar-refractivity contribution in [3.63, 3.8) is 0 Å². The van der Waals surface area contributed by atoms with Crippen molar-refractivity contribution < 1.29 is 36.1 Å². The van der Waals surface area contributed by atoms with E-state index in [2.05, 4.69) is 27.7 Å². The maximum atomic E-state index is 10.6. The molecule has 4 heteroatoms. The zero-order valence-corrected chi connectivity index (χ0v) is 13.5. The van der Waals surface area contributed by atoms with E-state index in [1.807, 2.05) is 0 Å². The van der Waals surface area contributed by atoms with Crippen LogP contribution in [0.1, 0.15) is 48.5 Å². The molecule has 0 saturated heterocycles. The topological polar surface area (TPSA) is 51.2 Å². The van der Waals surface area contributed by atoms with Crippen molar-refractivity contribution in [2.75, 3.05) is 0 Å². The fraction of sp³-hybridized carbons (Fsp3) is 0.769. The largest absolute Gasteiger partial charge is 0.299 e. The summed E-state index contributed by atoms with van der Waals surface area (Å²) in [6, 6.07) is 0. The van der Waals surface area contributed by atoms with Crippen LogP contribution in [0.15, 0.2) is 0 Å². The van der Waals surface area contributed by atoms with Crippen LogP contribution in [0, 0.1) is 17.8 Å². The van der Waals surface area contributed by atoms with Crippen molar-refractivity contribution in [3.05, 3.63) is 0 Å². The second kappa shape index (κ2) is 10.9. The summed E-state index contributed by atoms with van der Waals surface area (Å²) in [4.78, 5) is 31.8. The van der Waals surface area contributed by atoms with E-state index in [0.29, 0.717) is 0 Å². The molecule has 0 saturated carbocycles. The third-order valence-electron chi connectivity index (χ3n) is 2.55. The fourth-order valence-electron chi connectivity index (χ4n) is 0.859. The van der Waals surface area contributed by atoms with E-state index < -0.39 is 5.92 Å². The van der Waals surface area contributed by atoms with Crippen molar-refractivity contribution >= 4 is 17.3 Å². The first-order valence-electron chi connectivity index (χ1n) is 5.62. The molecule has 0 spiro atoms. The molecule has 0 fully saturated rings. The maximum absolute atomic E-state index is 10.6. The summed E-state index contributed by atoms with van der Waals surface area (Å²) in [6.07, 6.45) is 0. The Morgan fingerprint density at radius 2 is 0.824 bits per heavy atom. The second-order valence-corrected chi connectivity index (χ2v) is 4.75. The average Bonchev–Trinajstić information content (AvgIpc) is 2.01. The van der Waals surface area contributed by atoms with Crippen molar-refractivity contribution in [2.45, 2.75) is 48.5 Å². The Hall–Kier alpha value is -0.276.